The summed E-state index contributed by atoms with van der Waals surface area (Å²) in [7, 11) is 1.13. The number of amides is 2. The van der Waals surface area contributed by atoms with E-state index in [0.29, 0.717) is 23.3 Å². The first kappa shape index (κ1) is 17.6. The van der Waals surface area contributed by atoms with Crippen molar-refractivity contribution in [1.29, 1.82) is 0 Å². The molecule has 11 heteroatoms. The van der Waals surface area contributed by atoms with Crippen LogP contribution >= 0.6 is 0 Å². The molecule has 0 saturated heterocycles. The van der Waals surface area contributed by atoms with E-state index in [9.17, 15) is 18.0 Å². The summed E-state index contributed by atoms with van der Waals surface area (Å²) in [6, 6.07) is 0.985. The number of nitrogens with one attached hydrogen (secondary N) is 2. The molecule has 1 fully saturated rings. The molecule has 0 bridgehead atoms. The summed E-state index contributed by atoms with van der Waals surface area (Å²) in [6.45, 7) is -1.28. The number of fused-ring (bicyclic) bond motifs is 3. The Labute approximate surface area is 151 Å². The van der Waals surface area contributed by atoms with E-state index in [0.717, 1.165) is 30.0 Å². The molecule has 27 heavy (non-hydrogen) atoms. The molecule has 2 atom stereocenters. The minimum atomic E-state index is -4.42. The van der Waals surface area contributed by atoms with Crippen molar-refractivity contribution in [3.05, 3.63) is 18.5 Å². The summed E-state index contributed by atoms with van der Waals surface area (Å²) >= 11 is 0. The zero-order valence-electron chi connectivity index (χ0n) is 14.5. The Bertz CT molecular complexity index is 979. The van der Waals surface area contributed by atoms with Gasteiger partial charge in [0.05, 0.1) is 12.2 Å². The van der Waals surface area contributed by atoms with Crippen molar-refractivity contribution < 1.29 is 18.0 Å². The second-order valence-corrected chi connectivity index (χ2v) is 6.85. The fraction of sp³-hybridized carbons (Fsp3) is 0.500. The molecular weight excluding hydrogens is 363 g/mol. The number of halogens is 3. The van der Waals surface area contributed by atoms with Crippen LogP contribution in [0.2, 0.25) is 0 Å². The molecule has 0 aromatic carbocycles. The monoisotopic (exact) mass is 381 g/mol. The maximum Gasteiger partial charge on any atom is 0.406 e. The largest absolute Gasteiger partial charge is 0.406 e. The van der Waals surface area contributed by atoms with Crippen molar-refractivity contribution in [3.63, 3.8) is 0 Å². The highest BCUT2D eigenvalue weighted by Crippen LogP contribution is 2.33. The van der Waals surface area contributed by atoms with Crippen LogP contribution in [0.4, 0.5) is 18.0 Å². The zero-order chi connectivity index (χ0) is 19.2. The average Bonchev–Trinajstić information content (AvgIpc) is 3.30. The molecule has 8 nitrogen and oxygen atoms in total. The topological polar surface area (TPSA) is 91.7 Å². The number of hydrogen-bond acceptors (Lipinski definition) is 4. The van der Waals surface area contributed by atoms with Gasteiger partial charge in [-0.25, -0.2) is 14.5 Å². The summed E-state index contributed by atoms with van der Waals surface area (Å²) in [5.74, 6) is 0. The Kier molecular flexibility index (Phi) is 4.16. The number of aromatic amines is 1. The lowest BCUT2D eigenvalue weighted by Crippen LogP contribution is -2.45. The Morgan fingerprint density at radius 1 is 1.44 bits per heavy atom. The van der Waals surface area contributed by atoms with E-state index < -0.39 is 18.8 Å². The Balaban J connectivity index is 1.48. The summed E-state index contributed by atoms with van der Waals surface area (Å²) in [5, 5.41) is 12.0. The summed E-state index contributed by atoms with van der Waals surface area (Å²) in [5.41, 5.74) is 2.29. The number of carbonyl (C=O) groups is 1. The second kappa shape index (κ2) is 6.39. The SMILES string of the molecule is CN(CC(F)(F)F)C(=O)NC1CCC(n2nnc3cnc4[nH]ccc4c32)C1. The van der Waals surface area contributed by atoms with Gasteiger partial charge in [-0.1, -0.05) is 5.21 Å². The van der Waals surface area contributed by atoms with Gasteiger partial charge in [0.25, 0.3) is 0 Å². The van der Waals surface area contributed by atoms with Crippen LogP contribution in [0.5, 0.6) is 0 Å². The molecule has 3 heterocycles. The molecule has 1 aliphatic rings. The van der Waals surface area contributed by atoms with Gasteiger partial charge < -0.3 is 15.2 Å². The maximum absolute atomic E-state index is 12.4. The highest BCUT2D eigenvalue weighted by molar-refractivity contribution is 6.00. The van der Waals surface area contributed by atoms with Crippen molar-refractivity contribution in [2.24, 2.45) is 0 Å². The quantitative estimate of drug-likeness (QED) is 0.730. The van der Waals surface area contributed by atoms with Crippen molar-refractivity contribution >= 4 is 28.1 Å². The van der Waals surface area contributed by atoms with Gasteiger partial charge in [0, 0.05) is 24.7 Å². The number of carbonyl (C=O) groups excluding carboxylic acids is 1. The van der Waals surface area contributed by atoms with Gasteiger partial charge >= 0.3 is 12.2 Å². The summed E-state index contributed by atoms with van der Waals surface area (Å²) < 4.78 is 39.1. The van der Waals surface area contributed by atoms with Gasteiger partial charge in [-0.2, -0.15) is 13.2 Å². The van der Waals surface area contributed by atoms with E-state index in [1.54, 1.807) is 12.4 Å². The van der Waals surface area contributed by atoms with Gasteiger partial charge in [0.1, 0.15) is 23.2 Å². The zero-order valence-corrected chi connectivity index (χ0v) is 14.5. The molecule has 1 saturated carbocycles. The van der Waals surface area contributed by atoms with Crippen LogP contribution in [0.3, 0.4) is 0 Å². The number of nitrogens with zero attached hydrogens (tertiary/aromatic N) is 5. The smallest absolute Gasteiger partial charge is 0.346 e. The lowest BCUT2D eigenvalue weighted by atomic mass is 10.2. The third kappa shape index (κ3) is 3.40. The van der Waals surface area contributed by atoms with E-state index in [4.69, 9.17) is 0 Å². The van der Waals surface area contributed by atoms with Crippen LogP contribution in [-0.2, 0) is 0 Å². The molecule has 0 spiro atoms. The normalized spacial score (nSPS) is 20.4. The van der Waals surface area contributed by atoms with E-state index in [-0.39, 0.29) is 12.1 Å². The first-order chi connectivity index (χ1) is 12.8. The number of rotatable bonds is 3. The molecule has 2 unspecified atom stereocenters. The van der Waals surface area contributed by atoms with Gasteiger partial charge in [-0.3, -0.25) is 0 Å². The maximum atomic E-state index is 12.4. The predicted octanol–water partition coefficient (Wildman–Crippen LogP) is 2.60. The molecule has 3 aromatic rings. The first-order valence-electron chi connectivity index (χ1n) is 8.57. The van der Waals surface area contributed by atoms with Gasteiger partial charge in [-0.15, -0.1) is 5.10 Å². The number of hydrogen-bond donors (Lipinski definition) is 2. The fourth-order valence-corrected chi connectivity index (χ4v) is 3.63. The number of alkyl halides is 3. The van der Waals surface area contributed by atoms with Crippen molar-refractivity contribution in [2.75, 3.05) is 13.6 Å². The van der Waals surface area contributed by atoms with Crippen LogP contribution in [0, 0.1) is 0 Å². The highest BCUT2D eigenvalue weighted by Gasteiger charge is 2.34. The van der Waals surface area contributed by atoms with Crippen molar-refractivity contribution in [2.45, 2.75) is 37.5 Å². The standard InChI is InChI=1S/C16H18F3N7O/c1-25(8-16(17,18)19)15(27)22-9-2-3-10(6-9)26-13-11-4-5-20-14(11)21-7-12(13)23-24-26/h4-5,7,9-10H,2-3,6,8H2,1H3,(H,20,21)(H,22,27). The third-order valence-electron chi connectivity index (χ3n) is 4.86. The van der Waals surface area contributed by atoms with Crippen molar-refractivity contribution in [3.8, 4) is 0 Å². The number of aromatic nitrogens is 5. The van der Waals surface area contributed by atoms with Crippen LogP contribution < -0.4 is 5.32 Å². The number of urea groups is 1. The molecule has 4 rings (SSSR count). The van der Waals surface area contributed by atoms with Crippen LogP contribution in [0.15, 0.2) is 18.5 Å². The van der Waals surface area contributed by atoms with Crippen molar-refractivity contribution in [1.82, 2.24) is 35.2 Å². The minimum absolute atomic E-state index is 0.00808. The lowest BCUT2D eigenvalue weighted by molar-refractivity contribution is -0.137. The molecule has 1 aliphatic carbocycles. The predicted molar refractivity (Wildman–Crippen MR) is 91.1 cm³/mol. The first-order valence-corrected chi connectivity index (χ1v) is 8.57. The Morgan fingerprint density at radius 3 is 3.04 bits per heavy atom. The van der Waals surface area contributed by atoms with Gasteiger partial charge in [-0.05, 0) is 25.3 Å². The van der Waals surface area contributed by atoms with E-state index in [1.807, 2.05) is 10.7 Å². The molecule has 0 radical (unpaired) electrons. The van der Waals surface area contributed by atoms with Crippen LogP contribution in [0.25, 0.3) is 22.1 Å². The lowest BCUT2D eigenvalue weighted by Gasteiger charge is -2.22. The molecule has 144 valence electrons. The number of pyridine rings is 1. The van der Waals surface area contributed by atoms with Gasteiger partial charge in [0.15, 0.2) is 0 Å². The summed E-state index contributed by atoms with van der Waals surface area (Å²) in [6.07, 6.45) is 1.03. The molecule has 2 amide bonds. The van der Waals surface area contributed by atoms with E-state index >= 15 is 0 Å². The number of H-pyrrole nitrogens is 1. The molecule has 2 N–H and O–H groups in total. The minimum Gasteiger partial charge on any atom is -0.346 e. The average molecular weight is 381 g/mol. The van der Waals surface area contributed by atoms with E-state index in [1.165, 1.54) is 0 Å². The fourth-order valence-electron chi connectivity index (χ4n) is 3.63. The summed E-state index contributed by atoms with van der Waals surface area (Å²) in [4.78, 5) is 20.0. The molecule has 0 aliphatic heterocycles. The second-order valence-electron chi connectivity index (χ2n) is 6.85. The Morgan fingerprint density at radius 2 is 2.26 bits per heavy atom. The molecule has 3 aromatic heterocycles. The van der Waals surface area contributed by atoms with E-state index in [2.05, 4.69) is 25.6 Å². The van der Waals surface area contributed by atoms with Crippen LogP contribution in [-0.4, -0.2) is 61.7 Å². The Hall–Kier alpha value is -2.85. The van der Waals surface area contributed by atoms with Gasteiger partial charge in [0.2, 0.25) is 0 Å². The van der Waals surface area contributed by atoms with Crippen LogP contribution in [0.1, 0.15) is 25.3 Å². The third-order valence-corrected chi connectivity index (χ3v) is 4.86. The molecular formula is C16H18F3N7O. The highest BCUT2D eigenvalue weighted by atomic mass is 19.4.